The highest BCUT2D eigenvalue weighted by Crippen LogP contribution is 2.49. The second-order valence-electron chi connectivity index (χ2n) is 24.3. The van der Waals surface area contributed by atoms with Crippen molar-refractivity contribution in [2.75, 3.05) is 72.7 Å². The lowest BCUT2D eigenvalue weighted by Gasteiger charge is -2.42. The van der Waals surface area contributed by atoms with Gasteiger partial charge in [-0.1, -0.05) is 73.5 Å². The van der Waals surface area contributed by atoms with Gasteiger partial charge in [0, 0.05) is 89.6 Å². The van der Waals surface area contributed by atoms with Crippen molar-refractivity contribution in [2.45, 2.75) is 174 Å². The highest BCUT2D eigenvalue weighted by Gasteiger charge is 2.64. The number of methoxy groups -OCH3 is 1. The number of halogens is 1. The first-order chi connectivity index (χ1) is 40.6. The number of benzene rings is 2. The quantitative estimate of drug-likeness (QED) is 0.0321. The van der Waals surface area contributed by atoms with E-state index < -0.39 is 89.1 Å². The lowest BCUT2D eigenvalue weighted by molar-refractivity contribution is -0.162. The molecule has 4 bridgehead atoms. The van der Waals surface area contributed by atoms with E-state index in [9.17, 15) is 38.7 Å². The standard InChI is InChI=1S/C64H91ClN6O15/c1-14-68(10)39-47-35-45-19-15-16-20-49(45)71(47)27-24-48(72)36-46(22-23-56(75)85-62(6,7)8)59(76)66-26-29-82-31-30-81-28-25-54(73)69(11)43(5)60(77)84-53-37-55(74)70(12)50-34-44(33-41(3)57(50)65)32-40(2)18-17-21-52(80-13)64(79)38-51(83-61(78)67-64)42(4)58-63(53,9)86-58/h15-21,33-35,42-43,46,51-53,58,79H,14,22-32,36-39H2,1-13H3,(H,66,76)(H,67,78)/b21-17+,40-18+/t42-,43+,46-,51+,52-,53+,58?,63+,64-/m1/s1. The summed E-state index contributed by atoms with van der Waals surface area (Å²) < 4.78 is 43.0. The normalized spacial score (nSPS) is 24.3. The van der Waals surface area contributed by atoms with Gasteiger partial charge in [0.25, 0.3) is 0 Å². The number of ether oxygens (including phenoxy) is 7. The summed E-state index contributed by atoms with van der Waals surface area (Å²) in [5.41, 5.74) is 1.31. The lowest BCUT2D eigenvalue weighted by Crippen LogP contribution is -2.63. The molecule has 1 unspecified atom stereocenters. The number of ketones is 1. The van der Waals surface area contributed by atoms with Crippen molar-refractivity contribution in [1.29, 1.82) is 0 Å². The van der Waals surface area contributed by atoms with E-state index in [1.807, 2.05) is 57.3 Å². The molecule has 3 aliphatic rings. The second-order valence-corrected chi connectivity index (χ2v) is 24.7. The number of likely N-dealkylation sites (N-methyl/N-ethyl adjacent to an activating group) is 1. The number of anilines is 1. The maximum Gasteiger partial charge on any atom is 0.409 e. The fourth-order valence-corrected chi connectivity index (χ4v) is 11.2. The van der Waals surface area contributed by atoms with Gasteiger partial charge in [-0.2, -0.15) is 0 Å². The van der Waals surface area contributed by atoms with E-state index in [0.717, 1.165) is 46.4 Å². The fraction of sp³-hybridized carbons (Fsp3) is 0.609. The third-order valence-corrected chi connectivity index (χ3v) is 16.8. The van der Waals surface area contributed by atoms with E-state index in [1.165, 1.54) is 30.9 Å². The fourth-order valence-electron chi connectivity index (χ4n) is 11.0. The average Bonchev–Trinajstić information content (AvgIpc) is 1.68. The Labute approximate surface area is 511 Å². The zero-order valence-electron chi connectivity index (χ0n) is 52.5. The van der Waals surface area contributed by atoms with Crippen molar-refractivity contribution < 1.29 is 71.8 Å². The van der Waals surface area contributed by atoms with E-state index in [-0.39, 0.29) is 89.6 Å². The van der Waals surface area contributed by atoms with Crippen LogP contribution in [0.4, 0.5) is 10.5 Å². The van der Waals surface area contributed by atoms with Gasteiger partial charge < -0.3 is 62.8 Å². The number of hydrogen-bond acceptors (Lipinski definition) is 16. The molecule has 9 atom stereocenters. The van der Waals surface area contributed by atoms with Crippen molar-refractivity contribution >= 4 is 69.7 Å². The summed E-state index contributed by atoms with van der Waals surface area (Å²) >= 11 is 6.85. The number of allylic oxidation sites excluding steroid dienone is 3. The first-order valence-corrected chi connectivity index (χ1v) is 30.2. The molecule has 2 aromatic carbocycles. The second kappa shape index (κ2) is 30.6. The number of amides is 4. The largest absolute Gasteiger partial charge is 0.460 e. The molecule has 4 heterocycles. The first kappa shape index (κ1) is 68.9. The minimum Gasteiger partial charge on any atom is -0.460 e. The number of rotatable bonds is 25. The average molecular weight is 1220 g/mol. The molecule has 474 valence electrons. The van der Waals surface area contributed by atoms with Gasteiger partial charge in [-0.15, -0.1) is 0 Å². The van der Waals surface area contributed by atoms with Gasteiger partial charge in [0.1, 0.15) is 41.3 Å². The predicted octanol–water partition coefficient (Wildman–Crippen LogP) is 7.55. The highest BCUT2D eigenvalue weighted by atomic mass is 35.5. The molecule has 0 radical (unpaired) electrons. The van der Waals surface area contributed by atoms with Crippen LogP contribution in [-0.2, 0) is 81.4 Å². The van der Waals surface area contributed by atoms with Crippen LogP contribution in [0.5, 0.6) is 0 Å². The number of esters is 2. The number of hydrogen-bond donors (Lipinski definition) is 3. The number of aromatic nitrogens is 1. The van der Waals surface area contributed by atoms with Gasteiger partial charge in [0.15, 0.2) is 5.72 Å². The summed E-state index contributed by atoms with van der Waals surface area (Å²) in [6, 6.07) is 12.9. The Morgan fingerprint density at radius 2 is 1.71 bits per heavy atom. The van der Waals surface area contributed by atoms with Gasteiger partial charge in [0.05, 0.1) is 56.1 Å². The molecule has 6 rings (SSSR count). The summed E-state index contributed by atoms with van der Waals surface area (Å²) in [5.74, 6) is -3.91. The Bertz CT molecular complexity index is 2960. The highest BCUT2D eigenvalue weighted by molar-refractivity contribution is 6.34. The Hall–Kier alpha value is -6.20. The van der Waals surface area contributed by atoms with E-state index in [4.69, 9.17) is 44.8 Å². The molecule has 0 spiro atoms. The number of nitrogens with zero attached hydrogens (tertiary/aromatic N) is 4. The molecule has 4 amide bonds. The van der Waals surface area contributed by atoms with Gasteiger partial charge in [-0.05, 0) is 110 Å². The van der Waals surface area contributed by atoms with Crippen LogP contribution in [0.3, 0.4) is 0 Å². The molecule has 22 heteroatoms. The van der Waals surface area contributed by atoms with Crippen LogP contribution in [-0.4, -0.2) is 176 Å². The van der Waals surface area contributed by atoms with Crippen LogP contribution < -0.4 is 15.5 Å². The zero-order valence-corrected chi connectivity index (χ0v) is 53.2. The maximum absolute atomic E-state index is 14.4. The number of carbonyl (C=O) groups is 7. The van der Waals surface area contributed by atoms with E-state index in [0.29, 0.717) is 23.7 Å². The van der Waals surface area contributed by atoms with E-state index >= 15 is 0 Å². The van der Waals surface area contributed by atoms with Crippen LogP contribution in [0, 0.1) is 18.8 Å². The molecule has 3 aliphatic heterocycles. The first-order valence-electron chi connectivity index (χ1n) is 29.8. The van der Waals surface area contributed by atoms with Crippen molar-refractivity contribution in [3.63, 3.8) is 0 Å². The van der Waals surface area contributed by atoms with Crippen LogP contribution in [0.25, 0.3) is 10.9 Å². The van der Waals surface area contributed by atoms with Gasteiger partial charge >= 0.3 is 18.0 Å². The monoisotopic (exact) mass is 1220 g/mol. The van der Waals surface area contributed by atoms with Gasteiger partial charge in [-0.3, -0.25) is 29.3 Å². The number of epoxide rings is 1. The Morgan fingerprint density at radius 3 is 2.41 bits per heavy atom. The van der Waals surface area contributed by atoms with Crippen molar-refractivity contribution in [1.82, 2.24) is 25.0 Å². The minimum absolute atomic E-state index is 0.00187. The van der Waals surface area contributed by atoms with Crippen molar-refractivity contribution in [2.24, 2.45) is 11.8 Å². The minimum atomic E-state index is -1.86. The number of nitrogens with one attached hydrogen (secondary N) is 2. The smallest absolute Gasteiger partial charge is 0.409 e. The number of carbonyl (C=O) groups excluding carboxylic acids is 7. The molecule has 3 N–H and O–H groups in total. The van der Waals surface area contributed by atoms with Gasteiger partial charge in [0.2, 0.25) is 17.7 Å². The molecule has 2 saturated heterocycles. The summed E-state index contributed by atoms with van der Waals surface area (Å²) in [6.07, 6.45) is 0.893. The molecule has 1 aromatic heterocycles. The summed E-state index contributed by atoms with van der Waals surface area (Å²) in [5, 5.41) is 18.7. The number of fused-ring (bicyclic) bond motifs is 6. The molecule has 3 aromatic rings. The summed E-state index contributed by atoms with van der Waals surface area (Å²) in [7, 11) is 6.53. The number of alkyl carbamates (subject to hydrolysis) is 1. The predicted molar refractivity (Wildman–Crippen MR) is 325 cm³/mol. The summed E-state index contributed by atoms with van der Waals surface area (Å²) in [6.45, 7) is 18.8. The zero-order chi connectivity index (χ0) is 63.3. The Kier molecular flexibility index (Phi) is 24.5. The van der Waals surface area contributed by atoms with Crippen LogP contribution in [0.15, 0.2) is 66.3 Å². The molecule has 86 heavy (non-hydrogen) atoms. The number of aryl methyl sites for hydroxylation is 2. The van der Waals surface area contributed by atoms with Crippen LogP contribution in [0.1, 0.15) is 117 Å². The third kappa shape index (κ3) is 18.7. The topological polar surface area (TPSA) is 246 Å². The molecular weight excluding hydrogens is 1130 g/mol. The Balaban J connectivity index is 1.00. The third-order valence-electron chi connectivity index (χ3n) is 16.3. The van der Waals surface area contributed by atoms with E-state index in [2.05, 4.69) is 39.2 Å². The molecular formula is C64H91ClN6O15. The van der Waals surface area contributed by atoms with Crippen molar-refractivity contribution in [3.05, 3.63) is 88.1 Å². The lowest BCUT2D eigenvalue weighted by atomic mass is 9.83. The molecule has 0 aliphatic carbocycles. The Morgan fingerprint density at radius 1 is 1.00 bits per heavy atom. The molecule has 21 nitrogen and oxygen atoms in total. The molecule has 0 saturated carbocycles. The number of para-hydroxylation sites is 1. The number of aliphatic hydroxyl groups is 1. The molecule has 2 fully saturated rings. The van der Waals surface area contributed by atoms with Gasteiger partial charge in [-0.25, -0.2) is 9.59 Å². The van der Waals surface area contributed by atoms with Crippen molar-refractivity contribution in [3.8, 4) is 0 Å². The maximum atomic E-state index is 14.4. The van der Waals surface area contributed by atoms with Crippen LogP contribution >= 0.6 is 11.6 Å². The summed E-state index contributed by atoms with van der Waals surface area (Å²) in [4.78, 5) is 99.7. The SMILES string of the molecule is CCN(C)Cc1cc2ccccc2n1CCC(=O)C[C@@H](CCC(=O)OC(C)(C)C)C(=O)NCCOCCOCCC(=O)N(C)[C@@H](C)C(=O)O[C@H]1CC(=O)N(C)c2cc(cc(C)c2Cl)C/C(C)=C/C=C/[C@@H](OC)[C@]2(O)C[C@H](OC(=O)N2)[C@@H](C)C2O[C@]21C. The number of Topliss-reactive ketones (excluding diaryl/α,β-unsaturated/α-hetero) is 1. The van der Waals surface area contributed by atoms with E-state index in [1.54, 1.807) is 53.8 Å². The van der Waals surface area contributed by atoms with Crippen LogP contribution in [0.2, 0.25) is 5.02 Å².